The molecule has 1 aliphatic heterocycles. The summed E-state index contributed by atoms with van der Waals surface area (Å²) in [5, 5.41) is 0.429. The minimum Gasteiger partial charge on any atom is -0.427 e. The van der Waals surface area contributed by atoms with Crippen LogP contribution in [0.5, 0.6) is 0 Å². The van der Waals surface area contributed by atoms with Crippen LogP contribution in [0.25, 0.3) is 0 Å². The number of hydrogen-bond acceptors (Lipinski definition) is 3. The zero-order valence-electron chi connectivity index (χ0n) is 16.3. The SMILES string of the molecule is Cl.O=C(CCCN1CC[Si](O)(c2cccc(C(F)(F)F)c2)CC1)c1ccc(F)cc1. The number of rotatable bonds is 6. The molecule has 0 bridgehead atoms. The number of halogens is 5. The van der Waals surface area contributed by atoms with Gasteiger partial charge < -0.3 is 9.70 Å². The summed E-state index contributed by atoms with van der Waals surface area (Å²) >= 11 is 0. The third-order valence-corrected chi connectivity index (χ3v) is 8.94. The van der Waals surface area contributed by atoms with Crippen molar-refractivity contribution in [1.29, 1.82) is 0 Å². The summed E-state index contributed by atoms with van der Waals surface area (Å²) in [4.78, 5) is 25.3. The summed E-state index contributed by atoms with van der Waals surface area (Å²) in [7, 11) is -2.93. The normalized spacial score (nSPS) is 16.7. The number of carbonyl (C=O) groups is 1. The van der Waals surface area contributed by atoms with Crippen LogP contribution in [0, 0.1) is 5.82 Å². The molecule has 3 rings (SSSR count). The highest BCUT2D eigenvalue weighted by molar-refractivity contribution is 6.85. The summed E-state index contributed by atoms with van der Waals surface area (Å²) in [5.74, 6) is -0.427. The van der Waals surface area contributed by atoms with Crippen molar-refractivity contribution in [3.63, 3.8) is 0 Å². The first kappa shape index (κ1) is 24.5. The highest BCUT2D eigenvalue weighted by Gasteiger charge is 2.39. The van der Waals surface area contributed by atoms with E-state index in [1.165, 1.54) is 30.3 Å². The molecule has 30 heavy (non-hydrogen) atoms. The van der Waals surface area contributed by atoms with Crippen LogP contribution in [0.2, 0.25) is 12.1 Å². The Hall–Kier alpha value is -1.74. The average Bonchev–Trinajstić information content (AvgIpc) is 2.69. The van der Waals surface area contributed by atoms with Gasteiger partial charge in [0.1, 0.15) is 5.82 Å². The summed E-state index contributed by atoms with van der Waals surface area (Å²) in [6, 6.07) is 11.5. The van der Waals surface area contributed by atoms with Gasteiger partial charge in [-0.25, -0.2) is 4.39 Å². The standard InChI is InChI=1S/C21H23F4NO2Si.ClH/c22-18-8-6-16(7-9-18)20(27)5-2-10-26-11-13-29(28,14-12-26)19-4-1-3-17(15-19)21(23,24)25;/h1,3-4,6-9,15,28H,2,5,10-14H2;1H. The maximum Gasteiger partial charge on any atom is 0.416 e. The van der Waals surface area contributed by atoms with E-state index in [-0.39, 0.29) is 24.0 Å². The number of carbonyl (C=O) groups excluding carboxylic acids is 1. The third kappa shape index (κ3) is 6.13. The van der Waals surface area contributed by atoms with Gasteiger partial charge in [-0.1, -0.05) is 18.2 Å². The molecule has 9 heteroatoms. The molecule has 3 nitrogen and oxygen atoms in total. The van der Waals surface area contributed by atoms with E-state index < -0.39 is 20.1 Å². The Labute approximate surface area is 180 Å². The molecule has 0 radical (unpaired) electrons. The molecule has 0 spiro atoms. The Kier molecular flexibility index (Phi) is 8.21. The monoisotopic (exact) mass is 461 g/mol. The van der Waals surface area contributed by atoms with E-state index in [1.807, 2.05) is 0 Å². The first-order valence-electron chi connectivity index (χ1n) is 9.59. The Bertz CT molecular complexity index is 853. The highest BCUT2D eigenvalue weighted by atomic mass is 35.5. The fourth-order valence-corrected chi connectivity index (χ4v) is 6.69. The van der Waals surface area contributed by atoms with E-state index in [2.05, 4.69) is 4.90 Å². The summed E-state index contributed by atoms with van der Waals surface area (Å²) in [6.45, 7) is 1.88. The molecule has 0 unspecified atom stereocenters. The number of hydrogen-bond donors (Lipinski definition) is 1. The van der Waals surface area contributed by atoms with Crippen LogP contribution < -0.4 is 5.19 Å². The van der Waals surface area contributed by atoms with Crippen molar-refractivity contribution in [3.05, 3.63) is 65.5 Å². The first-order valence-corrected chi connectivity index (χ1v) is 11.9. The Morgan fingerprint density at radius 1 is 1.07 bits per heavy atom. The predicted molar refractivity (Wildman–Crippen MR) is 112 cm³/mol. The summed E-state index contributed by atoms with van der Waals surface area (Å²) in [5.41, 5.74) is -0.242. The lowest BCUT2D eigenvalue weighted by atomic mass is 10.1. The minimum atomic E-state index is -4.42. The molecule has 0 saturated carbocycles. The van der Waals surface area contributed by atoms with Crippen LogP contribution in [-0.2, 0) is 6.18 Å². The molecule has 0 aromatic heterocycles. The fourth-order valence-electron chi connectivity index (χ4n) is 3.66. The second-order valence-electron chi connectivity index (χ2n) is 7.49. The molecule has 1 aliphatic rings. The molecule has 0 amide bonds. The maximum absolute atomic E-state index is 12.9. The molecule has 2 aromatic rings. The van der Waals surface area contributed by atoms with E-state index in [1.54, 1.807) is 6.07 Å². The number of benzene rings is 2. The summed E-state index contributed by atoms with van der Waals surface area (Å²) < 4.78 is 51.8. The molecular weight excluding hydrogens is 438 g/mol. The zero-order valence-corrected chi connectivity index (χ0v) is 18.1. The molecule has 0 atom stereocenters. The van der Waals surface area contributed by atoms with Gasteiger partial charge in [-0.05, 0) is 73.7 Å². The van der Waals surface area contributed by atoms with Crippen LogP contribution in [0.4, 0.5) is 17.6 Å². The van der Waals surface area contributed by atoms with Gasteiger partial charge in [-0.2, -0.15) is 13.2 Å². The van der Waals surface area contributed by atoms with E-state index in [4.69, 9.17) is 0 Å². The van der Waals surface area contributed by atoms with E-state index in [0.29, 0.717) is 55.3 Å². The molecule has 1 heterocycles. The van der Waals surface area contributed by atoms with Crippen LogP contribution in [-0.4, -0.2) is 43.4 Å². The van der Waals surface area contributed by atoms with E-state index >= 15 is 0 Å². The molecule has 1 N–H and O–H groups in total. The smallest absolute Gasteiger partial charge is 0.416 e. The minimum absolute atomic E-state index is 0. The summed E-state index contributed by atoms with van der Waals surface area (Å²) in [6.07, 6.45) is -3.43. The van der Waals surface area contributed by atoms with Crippen molar-refractivity contribution >= 4 is 31.7 Å². The Balaban J connectivity index is 0.00000320. The van der Waals surface area contributed by atoms with Crippen molar-refractivity contribution in [2.75, 3.05) is 19.6 Å². The molecular formula is C21H24ClF4NO2Si. The van der Waals surface area contributed by atoms with Gasteiger partial charge in [0.05, 0.1) is 5.56 Å². The van der Waals surface area contributed by atoms with E-state index in [0.717, 1.165) is 12.1 Å². The zero-order chi connectivity index (χ0) is 21.1. The largest absolute Gasteiger partial charge is 0.427 e. The number of nitrogens with zero attached hydrogens (tertiary/aromatic N) is 1. The van der Waals surface area contributed by atoms with E-state index in [9.17, 15) is 27.2 Å². The molecule has 2 aromatic carbocycles. The van der Waals surface area contributed by atoms with Gasteiger partial charge in [-0.3, -0.25) is 4.79 Å². The van der Waals surface area contributed by atoms with Crippen LogP contribution >= 0.6 is 12.4 Å². The number of ketones is 1. The van der Waals surface area contributed by atoms with Gasteiger partial charge in [-0.15, -0.1) is 12.4 Å². The lowest BCUT2D eigenvalue weighted by Crippen LogP contribution is -2.55. The van der Waals surface area contributed by atoms with Crippen molar-refractivity contribution in [1.82, 2.24) is 4.90 Å². The van der Waals surface area contributed by atoms with Gasteiger partial charge >= 0.3 is 6.18 Å². The highest BCUT2D eigenvalue weighted by Crippen LogP contribution is 2.29. The molecule has 1 saturated heterocycles. The van der Waals surface area contributed by atoms with Gasteiger partial charge in [0, 0.05) is 12.0 Å². The van der Waals surface area contributed by atoms with Crippen molar-refractivity contribution in [2.45, 2.75) is 31.1 Å². The van der Waals surface area contributed by atoms with Gasteiger partial charge in [0.15, 0.2) is 5.78 Å². The molecule has 164 valence electrons. The first-order chi connectivity index (χ1) is 13.7. The molecule has 1 fully saturated rings. The van der Waals surface area contributed by atoms with Crippen LogP contribution in [0.1, 0.15) is 28.8 Å². The second-order valence-corrected chi connectivity index (χ2v) is 11.1. The number of alkyl halides is 3. The van der Waals surface area contributed by atoms with Crippen LogP contribution in [0.15, 0.2) is 48.5 Å². The molecule has 0 aliphatic carbocycles. The van der Waals surface area contributed by atoms with Crippen molar-refractivity contribution < 1.29 is 27.2 Å². The Morgan fingerprint density at radius 3 is 2.30 bits per heavy atom. The number of Topliss-reactive ketones (excluding diaryl/α,β-unsaturated/α-hetero) is 1. The maximum atomic E-state index is 12.9. The second kappa shape index (κ2) is 10.0. The third-order valence-electron chi connectivity index (χ3n) is 5.45. The fraction of sp³-hybridized carbons (Fsp3) is 0.381. The van der Waals surface area contributed by atoms with Crippen molar-refractivity contribution in [2.24, 2.45) is 0 Å². The lowest BCUT2D eigenvalue weighted by Gasteiger charge is -2.36. The topological polar surface area (TPSA) is 40.5 Å². The van der Waals surface area contributed by atoms with Gasteiger partial charge in [0.25, 0.3) is 0 Å². The quantitative estimate of drug-likeness (QED) is 0.394. The van der Waals surface area contributed by atoms with Gasteiger partial charge in [0.2, 0.25) is 8.32 Å². The predicted octanol–water partition coefficient (Wildman–Crippen LogP) is 4.39. The lowest BCUT2D eigenvalue weighted by molar-refractivity contribution is -0.137. The average molecular weight is 462 g/mol. The van der Waals surface area contributed by atoms with Crippen molar-refractivity contribution in [3.8, 4) is 0 Å². The Morgan fingerprint density at radius 2 is 1.70 bits per heavy atom. The van der Waals surface area contributed by atoms with Crippen LogP contribution in [0.3, 0.4) is 0 Å².